The minimum absolute atomic E-state index is 0.102. The van der Waals surface area contributed by atoms with Crippen LogP contribution in [0.3, 0.4) is 0 Å². The molecule has 1 atom stereocenters. The average molecular weight is 397 g/mol. The van der Waals surface area contributed by atoms with Gasteiger partial charge < -0.3 is 24.8 Å². The summed E-state index contributed by atoms with van der Waals surface area (Å²) >= 11 is 0. The van der Waals surface area contributed by atoms with Crippen LogP contribution in [0.25, 0.3) is 0 Å². The predicted octanol–water partition coefficient (Wildman–Crippen LogP) is 1.24. The van der Waals surface area contributed by atoms with E-state index in [1.807, 2.05) is 19.9 Å². The van der Waals surface area contributed by atoms with Crippen molar-refractivity contribution in [3.63, 3.8) is 0 Å². The molecule has 0 radical (unpaired) electrons. The van der Waals surface area contributed by atoms with Crippen molar-refractivity contribution in [1.29, 1.82) is 0 Å². The van der Waals surface area contributed by atoms with E-state index in [1.165, 1.54) is 12.4 Å². The van der Waals surface area contributed by atoms with Crippen LogP contribution in [-0.2, 0) is 11.3 Å². The number of aromatic nitrogens is 2. The number of nitrogens with one attached hydrogen (secondary N) is 1. The number of carbonyl (C=O) groups excluding carboxylic acids is 1. The summed E-state index contributed by atoms with van der Waals surface area (Å²) in [4.78, 5) is 20.7. The SMILES string of the molecule is C/C=C\[C@H](NC(=O)c1cnc(Oc2ccc3c(c2C)B(O)OC3)cn1)C(C)(C)O. The predicted molar refractivity (Wildman–Crippen MR) is 108 cm³/mol. The van der Waals surface area contributed by atoms with Gasteiger partial charge in [-0.25, -0.2) is 9.97 Å². The summed E-state index contributed by atoms with van der Waals surface area (Å²) in [6.45, 7) is 7.23. The van der Waals surface area contributed by atoms with Gasteiger partial charge in [-0.3, -0.25) is 4.79 Å². The molecule has 9 heteroatoms. The molecule has 1 aromatic carbocycles. The highest BCUT2D eigenvalue weighted by Crippen LogP contribution is 2.25. The summed E-state index contributed by atoms with van der Waals surface area (Å²) in [7, 11) is -0.966. The molecule has 152 valence electrons. The van der Waals surface area contributed by atoms with Crippen LogP contribution in [0.15, 0.2) is 36.7 Å². The Kier molecular flexibility index (Phi) is 6.02. The van der Waals surface area contributed by atoms with E-state index in [4.69, 9.17) is 9.39 Å². The number of fused-ring (bicyclic) bond motifs is 1. The van der Waals surface area contributed by atoms with Crippen LogP contribution in [-0.4, -0.2) is 44.8 Å². The number of rotatable bonds is 6. The van der Waals surface area contributed by atoms with Crippen LogP contribution in [0.1, 0.15) is 42.4 Å². The standard InChI is InChI=1S/C20H24BN3O5/c1-5-6-16(20(3,4)26)24-19(25)14-9-23-17(10-22-14)29-15-8-7-13-11-28-21(27)18(13)12(15)2/h5-10,16,26-27H,11H2,1-4H3,(H,24,25)/b6-5-/t16-/m0/s1. The Morgan fingerprint density at radius 1 is 1.38 bits per heavy atom. The molecule has 0 spiro atoms. The molecule has 0 aliphatic carbocycles. The Morgan fingerprint density at radius 3 is 2.76 bits per heavy atom. The maximum absolute atomic E-state index is 12.4. The Morgan fingerprint density at radius 2 is 2.14 bits per heavy atom. The van der Waals surface area contributed by atoms with E-state index in [0.717, 1.165) is 11.1 Å². The molecule has 29 heavy (non-hydrogen) atoms. The summed E-state index contributed by atoms with van der Waals surface area (Å²) in [5, 5.41) is 22.8. The zero-order chi connectivity index (χ0) is 21.2. The minimum atomic E-state index is -1.13. The molecule has 3 rings (SSSR count). The maximum Gasteiger partial charge on any atom is 0.492 e. The second-order valence-corrected chi connectivity index (χ2v) is 7.40. The third-order valence-electron chi connectivity index (χ3n) is 4.71. The molecule has 2 heterocycles. The zero-order valence-electron chi connectivity index (χ0n) is 16.8. The van der Waals surface area contributed by atoms with Gasteiger partial charge in [-0.05, 0) is 50.4 Å². The first-order chi connectivity index (χ1) is 13.7. The second kappa shape index (κ2) is 8.32. The first kappa shape index (κ1) is 21.0. The number of hydrogen-bond acceptors (Lipinski definition) is 7. The molecule has 0 bridgehead atoms. The number of nitrogens with zero attached hydrogens (tertiary/aromatic N) is 2. The van der Waals surface area contributed by atoms with E-state index in [1.54, 1.807) is 32.1 Å². The lowest BCUT2D eigenvalue weighted by atomic mass is 9.76. The average Bonchev–Trinajstić information content (AvgIpc) is 3.05. The third-order valence-corrected chi connectivity index (χ3v) is 4.71. The van der Waals surface area contributed by atoms with E-state index in [0.29, 0.717) is 17.8 Å². The number of amides is 1. The quantitative estimate of drug-likeness (QED) is 0.497. The fourth-order valence-electron chi connectivity index (χ4n) is 3.06. The number of hydrogen-bond donors (Lipinski definition) is 3. The van der Waals surface area contributed by atoms with Crippen molar-refractivity contribution >= 4 is 18.5 Å². The topological polar surface area (TPSA) is 114 Å². The first-order valence-electron chi connectivity index (χ1n) is 9.28. The van der Waals surface area contributed by atoms with Crippen LogP contribution in [0.4, 0.5) is 0 Å². The molecule has 1 aliphatic rings. The van der Waals surface area contributed by atoms with Crippen LogP contribution in [0.2, 0.25) is 0 Å². The van der Waals surface area contributed by atoms with E-state index in [-0.39, 0.29) is 11.6 Å². The van der Waals surface area contributed by atoms with Gasteiger partial charge in [-0.15, -0.1) is 0 Å². The largest absolute Gasteiger partial charge is 0.492 e. The van der Waals surface area contributed by atoms with Crippen LogP contribution in [0.5, 0.6) is 11.6 Å². The normalized spacial score (nSPS) is 14.8. The minimum Gasteiger partial charge on any atom is -0.437 e. The number of allylic oxidation sites excluding steroid dienone is 1. The van der Waals surface area contributed by atoms with Gasteiger partial charge in [0.25, 0.3) is 5.91 Å². The van der Waals surface area contributed by atoms with E-state index >= 15 is 0 Å². The maximum atomic E-state index is 12.4. The summed E-state index contributed by atoms with van der Waals surface area (Å²) in [5.41, 5.74) is 1.36. The van der Waals surface area contributed by atoms with Gasteiger partial charge in [0.1, 0.15) is 11.4 Å². The summed E-state index contributed by atoms with van der Waals surface area (Å²) in [6, 6.07) is 3.05. The molecule has 1 amide bonds. The van der Waals surface area contributed by atoms with E-state index in [2.05, 4.69) is 15.3 Å². The number of benzene rings is 1. The van der Waals surface area contributed by atoms with Crippen LogP contribution < -0.4 is 15.5 Å². The molecule has 0 saturated carbocycles. The van der Waals surface area contributed by atoms with Crippen molar-refractivity contribution in [2.24, 2.45) is 0 Å². The summed E-state index contributed by atoms with van der Waals surface area (Å²) < 4.78 is 11.0. The van der Waals surface area contributed by atoms with Crippen molar-refractivity contribution in [2.45, 2.75) is 45.9 Å². The Balaban J connectivity index is 1.73. The lowest BCUT2D eigenvalue weighted by Crippen LogP contribution is -2.48. The number of aliphatic hydroxyl groups is 1. The highest BCUT2D eigenvalue weighted by molar-refractivity contribution is 6.62. The van der Waals surface area contributed by atoms with Gasteiger partial charge >= 0.3 is 7.12 Å². The van der Waals surface area contributed by atoms with E-state index in [9.17, 15) is 14.9 Å². The first-order valence-corrected chi connectivity index (χ1v) is 9.28. The second-order valence-electron chi connectivity index (χ2n) is 7.40. The van der Waals surface area contributed by atoms with Crippen LogP contribution >= 0.6 is 0 Å². The molecule has 0 unspecified atom stereocenters. The van der Waals surface area contributed by atoms with Crippen molar-refractivity contribution < 1.29 is 24.3 Å². The van der Waals surface area contributed by atoms with Gasteiger partial charge in [0.15, 0.2) is 0 Å². The Bertz CT molecular complexity index is 925. The van der Waals surface area contributed by atoms with Crippen molar-refractivity contribution in [2.75, 3.05) is 0 Å². The summed E-state index contributed by atoms with van der Waals surface area (Å²) in [5.74, 6) is 0.281. The Labute approximate surface area is 169 Å². The smallest absolute Gasteiger partial charge is 0.437 e. The van der Waals surface area contributed by atoms with Crippen molar-refractivity contribution in [3.05, 3.63) is 53.5 Å². The molecule has 0 saturated heterocycles. The molecule has 3 N–H and O–H groups in total. The fourth-order valence-corrected chi connectivity index (χ4v) is 3.06. The highest BCUT2D eigenvalue weighted by Gasteiger charge is 2.30. The van der Waals surface area contributed by atoms with Gasteiger partial charge in [0.05, 0.1) is 30.6 Å². The lowest BCUT2D eigenvalue weighted by Gasteiger charge is -2.27. The monoisotopic (exact) mass is 397 g/mol. The summed E-state index contributed by atoms with van der Waals surface area (Å²) in [6.07, 6.45) is 6.12. The molecule has 0 fully saturated rings. The molecular formula is C20H24BN3O5. The van der Waals surface area contributed by atoms with Crippen LogP contribution in [0, 0.1) is 6.92 Å². The molecular weight excluding hydrogens is 373 g/mol. The van der Waals surface area contributed by atoms with Gasteiger partial charge in [0, 0.05) is 0 Å². The van der Waals surface area contributed by atoms with Gasteiger partial charge in [-0.2, -0.15) is 0 Å². The Hall–Kier alpha value is -2.75. The van der Waals surface area contributed by atoms with Gasteiger partial charge in [-0.1, -0.05) is 18.2 Å². The molecule has 8 nitrogen and oxygen atoms in total. The number of carbonyl (C=O) groups is 1. The van der Waals surface area contributed by atoms with Crippen molar-refractivity contribution in [3.8, 4) is 11.6 Å². The molecule has 2 aromatic rings. The van der Waals surface area contributed by atoms with Crippen molar-refractivity contribution in [1.82, 2.24) is 15.3 Å². The lowest BCUT2D eigenvalue weighted by molar-refractivity contribution is 0.0491. The highest BCUT2D eigenvalue weighted by atomic mass is 16.5. The molecule has 1 aromatic heterocycles. The van der Waals surface area contributed by atoms with E-state index < -0.39 is 24.7 Å². The molecule has 1 aliphatic heterocycles. The fraction of sp³-hybridized carbons (Fsp3) is 0.350. The zero-order valence-corrected chi connectivity index (χ0v) is 16.8. The third kappa shape index (κ3) is 4.64. The van der Waals surface area contributed by atoms with Gasteiger partial charge in [0.2, 0.25) is 5.88 Å². The number of ether oxygens (including phenoxy) is 1.